The van der Waals surface area contributed by atoms with Crippen molar-refractivity contribution in [3.63, 3.8) is 0 Å². The number of cyclic esters (lactones) is 2. The molecule has 0 saturated heterocycles. The van der Waals surface area contributed by atoms with Gasteiger partial charge in [0, 0.05) is 24.8 Å². The second kappa shape index (κ2) is 18.1. The summed E-state index contributed by atoms with van der Waals surface area (Å²) in [6, 6.07) is 12.4. The molecule has 3 rings (SSSR count). The van der Waals surface area contributed by atoms with E-state index in [1.54, 1.807) is 56.3 Å². The Morgan fingerprint density at radius 3 is 2.36 bits per heavy atom. The predicted molar refractivity (Wildman–Crippen MR) is 179 cm³/mol. The standard InChI is InChI=1S/C35H44Cl2N2O8/c1-20(2)16-29-35(44)47-27(22(4)33(42)32(37)24-10-7-6-8-11-24)12-9-13-30(40)39-26(34(43)38-21(3)17-31(41)46-29)19-23-14-15-28(45-5)25(36)18-23/h6-11,13-15,18,20-22,26-27,29,32-33,42H,12,16-17,19H2,1-5H3,(H,38,43)(H,39,40)/t21-,22+,26-,27+,29+,32+,33-/m1/s1. The molecule has 2 aromatic carbocycles. The highest BCUT2D eigenvalue weighted by atomic mass is 35.5. The number of aliphatic hydroxyl groups is 1. The zero-order valence-corrected chi connectivity index (χ0v) is 28.8. The zero-order valence-electron chi connectivity index (χ0n) is 27.3. The highest BCUT2D eigenvalue weighted by Gasteiger charge is 2.35. The van der Waals surface area contributed by atoms with E-state index < -0.39 is 65.4 Å². The number of alkyl halides is 1. The molecule has 3 N–H and O–H groups in total. The molecular weight excluding hydrogens is 647 g/mol. The van der Waals surface area contributed by atoms with Crippen molar-refractivity contribution in [2.75, 3.05) is 7.11 Å². The fourth-order valence-corrected chi connectivity index (χ4v) is 5.85. The molecule has 7 atom stereocenters. The van der Waals surface area contributed by atoms with E-state index in [9.17, 15) is 24.3 Å². The number of benzene rings is 2. The third-order valence-electron chi connectivity index (χ3n) is 7.82. The van der Waals surface area contributed by atoms with Gasteiger partial charge in [-0.25, -0.2) is 4.79 Å². The Bertz CT molecular complexity index is 1400. The van der Waals surface area contributed by atoms with Gasteiger partial charge in [-0.3, -0.25) is 14.4 Å². The lowest BCUT2D eigenvalue weighted by Crippen LogP contribution is -2.50. The van der Waals surface area contributed by atoms with Gasteiger partial charge in [-0.15, -0.1) is 11.6 Å². The second-order valence-electron chi connectivity index (χ2n) is 12.2. The SMILES string of the molecule is COc1ccc(C[C@H]2NC(=O)C=CC[C@@H]([C@H](C)[C@@H](O)[C@@H](Cl)c3ccccc3)OC(=O)[C@H](CC(C)C)OC(=O)C[C@@H](C)NC2=O)cc1Cl. The number of amides is 2. The van der Waals surface area contributed by atoms with Crippen LogP contribution in [0.2, 0.25) is 5.02 Å². The molecule has 10 nitrogen and oxygen atoms in total. The van der Waals surface area contributed by atoms with Gasteiger partial charge < -0.3 is 30.0 Å². The van der Waals surface area contributed by atoms with Crippen LogP contribution in [0.1, 0.15) is 63.5 Å². The van der Waals surface area contributed by atoms with Crippen molar-refractivity contribution in [1.29, 1.82) is 0 Å². The maximum absolute atomic E-state index is 13.4. The van der Waals surface area contributed by atoms with E-state index in [-0.39, 0.29) is 31.6 Å². The molecule has 0 radical (unpaired) electrons. The number of aliphatic hydroxyl groups excluding tert-OH is 1. The van der Waals surface area contributed by atoms with Gasteiger partial charge in [-0.2, -0.15) is 0 Å². The molecule has 1 aliphatic heterocycles. The van der Waals surface area contributed by atoms with Crippen LogP contribution in [0.15, 0.2) is 60.7 Å². The third-order valence-corrected chi connectivity index (χ3v) is 8.63. The molecule has 0 aromatic heterocycles. The van der Waals surface area contributed by atoms with Gasteiger partial charge >= 0.3 is 11.9 Å². The molecule has 0 bridgehead atoms. The minimum absolute atomic E-state index is 0.0225. The number of methoxy groups -OCH3 is 1. The van der Waals surface area contributed by atoms with E-state index in [0.717, 1.165) is 0 Å². The lowest BCUT2D eigenvalue weighted by Gasteiger charge is -2.31. The number of nitrogens with one attached hydrogen (secondary N) is 2. The number of halogens is 2. The largest absolute Gasteiger partial charge is 0.495 e. The molecule has 0 fully saturated rings. The van der Waals surface area contributed by atoms with Crippen LogP contribution in [0.5, 0.6) is 5.75 Å². The third kappa shape index (κ3) is 11.6. The normalized spacial score (nSPS) is 23.6. The zero-order chi connectivity index (χ0) is 34.7. The van der Waals surface area contributed by atoms with Crippen molar-refractivity contribution < 1.29 is 38.5 Å². The van der Waals surface area contributed by atoms with E-state index >= 15 is 0 Å². The van der Waals surface area contributed by atoms with Crippen LogP contribution in [0, 0.1) is 11.8 Å². The minimum Gasteiger partial charge on any atom is -0.495 e. The van der Waals surface area contributed by atoms with Gasteiger partial charge in [0.2, 0.25) is 11.8 Å². The van der Waals surface area contributed by atoms with E-state index in [4.69, 9.17) is 37.4 Å². The summed E-state index contributed by atoms with van der Waals surface area (Å²) in [6.45, 7) is 7.07. The maximum Gasteiger partial charge on any atom is 0.347 e. The number of rotatable bonds is 9. The molecule has 12 heteroatoms. The average Bonchev–Trinajstić information content (AvgIpc) is 3.02. The van der Waals surface area contributed by atoms with Crippen molar-refractivity contribution in [1.82, 2.24) is 10.6 Å². The average molecular weight is 692 g/mol. The lowest BCUT2D eigenvalue weighted by atomic mass is 9.90. The number of hydrogen-bond acceptors (Lipinski definition) is 8. The van der Waals surface area contributed by atoms with Crippen LogP contribution >= 0.6 is 23.2 Å². The summed E-state index contributed by atoms with van der Waals surface area (Å²) in [5.74, 6) is -2.82. The van der Waals surface area contributed by atoms with Crippen LogP contribution < -0.4 is 15.4 Å². The van der Waals surface area contributed by atoms with Gasteiger partial charge in [0.25, 0.3) is 0 Å². The molecule has 2 aromatic rings. The molecule has 0 aliphatic carbocycles. The molecule has 0 unspecified atom stereocenters. The Balaban J connectivity index is 1.92. The first-order valence-electron chi connectivity index (χ1n) is 15.7. The fraction of sp³-hybridized carbons (Fsp3) is 0.486. The maximum atomic E-state index is 13.4. The van der Waals surface area contributed by atoms with Crippen LogP contribution in [0.3, 0.4) is 0 Å². The summed E-state index contributed by atoms with van der Waals surface area (Å²) in [5, 5.41) is 16.2. The molecule has 47 heavy (non-hydrogen) atoms. The Morgan fingerprint density at radius 1 is 1.02 bits per heavy atom. The van der Waals surface area contributed by atoms with E-state index in [1.165, 1.54) is 19.3 Å². The quantitative estimate of drug-likeness (QED) is 0.245. The smallest absolute Gasteiger partial charge is 0.347 e. The summed E-state index contributed by atoms with van der Waals surface area (Å²) in [6.07, 6.45) is -0.451. The topological polar surface area (TPSA) is 140 Å². The lowest BCUT2D eigenvalue weighted by molar-refractivity contribution is -0.176. The highest BCUT2D eigenvalue weighted by Crippen LogP contribution is 2.32. The van der Waals surface area contributed by atoms with Crippen molar-refractivity contribution in [2.24, 2.45) is 11.8 Å². The number of hydrogen-bond donors (Lipinski definition) is 3. The second-order valence-corrected chi connectivity index (χ2v) is 13.1. The minimum atomic E-state index is -1.22. The van der Waals surface area contributed by atoms with Crippen molar-refractivity contribution in [2.45, 2.75) is 89.2 Å². The van der Waals surface area contributed by atoms with Gasteiger partial charge in [-0.1, -0.05) is 74.8 Å². The molecule has 0 saturated carbocycles. The molecule has 0 spiro atoms. The van der Waals surface area contributed by atoms with Crippen molar-refractivity contribution >= 4 is 47.0 Å². The summed E-state index contributed by atoms with van der Waals surface area (Å²) >= 11 is 12.9. The molecule has 2 amide bonds. The van der Waals surface area contributed by atoms with Crippen molar-refractivity contribution in [3.8, 4) is 5.75 Å². The summed E-state index contributed by atoms with van der Waals surface area (Å²) in [4.78, 5) is 52.9. The molecule has 256 valence electrons. The number of carbonyl (C=O) groups is 4. The number of esters is 2. The summed E-state index contributed by atoms with van der Waals surface area (Å²) in [5.41, 5.74) is 1.35. The van der Waals surface area contributed by atoms with Crippen LogP contribution in [0.4, 0.5) is 0 Å². The molecular formula is C35H44Cl2N2O8. The van der Waals surface area contributed by atoms with Crippen molar-refractivity contribution in [3.05, 3.63) is 76.8 Å². The number of ether oxygens (including phenoxy) is 3. The Labute approximate surface area is 286 Å². The van der Waals surface area contributed by atoms with Gasteiger partial charge in [0.05, 0.1) is 30.0 Å². The van der Waals surface area contributed by atoms with E-state index in [2.05, 4.69) is 10.6 Å². The Kier molecular flexibility index (Phi) is 14.6. The van der Waals surface area contributed by atoms with Gasteiger partial charge in [0.15, 0.2) is 6.10 Å². The fourth-order valence-electron chi connectivity index (χ4n) is 5.20. The monoisotopic (exact) mass is 690 g/mol. The first kappa shape index (κ1) is 37.9. The number of carbonyl (C=O) groups excluding carboxylic acids is 4. The first-order valence-corrected chi connectivity index (χ1v) is 16.5. The highest BCUT2D eigenvalue weighted by molar-refractivity contribution is 6.32. The first-order chi connectivity index (χ1) is 22.3. The van der Waals surface area contributed by atoms with E-state index in [1.807, 2.05) is 19.9 Å². The molecule has 1 aliphatic rings. The summed E-state index contributed by atoms with van der Waals surface area (Å²) < 4.78 is 16.7. The molecule has 1 heterocycles. The summed E-state index contributed by atoms with van der Waals surface area (Å²) in [7, 11) is 1.49. The van der Waals surface area contributed by atoms with Gasteiger partial charge in [-0.05, 0) is 48.6 Å². The van der Waals surface area contributed by atoms with Crippen LogP contribution in [-0.2, 0) is 35.1 Å². The Hall–Kier alpha value is -3.60. The van der Waals surface area contributed by atoms with Crippen LogP contribution in [-0.4, -0.2) is 66.4 Å². The van der Waals surface area contributed by atoms with Gasteiger partial charge in [0.1, 0.15) is 17.9 Å². The van der Waals surface area contributed by atoms with Crippen LogP contribution in [0.25, 0.3) is 0 Å². The van der Waals surface area contributed by atoms with E-state index in [0.29, 0.717) is 21.9 Å². The Morgan fingerprint density at radius 2 is 1.72 bits per heavy atom. The predicted octanol–water partition coefficient (Wildman–Crippen LogP) is 5.08.